The van der Waals surface area contributed by atoms with E-state index in [1.807, 2.05) is 6.07 Å². The minimum atomic E-state index is -0.573. The van der Waals surface area contributed by atoms with Crippen LogP contribution in [-0.4, -0.2) is 64.2 Å². The Morgan fingerprint density at radius 3 is 2.44 bits per heavy atom. The Morgan fingerprint density at radius 2 is 1.74 bits per heavy atom. The van der Waals surface area contributed by atoms with Gasteiger partial charge in [-0.2, -0.15) is 0 Å². The average Bonchev–Trinajstić information content (AvgIpc) is 3.03. The van der Waals surface area contributed by atoms with Gasteiger partial charge in [0.15, 0.2) is 0 Å². The Bertz CT molecular complexity index is 1650. The number of nitrogens with one attached hydrogen (secondary N) is 2. The molecule has 1 aliphatic rings. The molecule has 43 heavy (non-hydrogen) atoms. The maximum Gasteiger partial charge on any atom is 0.259 e. The lowest BCUT2D eigenvalue weighted by atomic mass is 10.0. The fourth-order valence-electron chi connectivity index (χ4n) is 5.03. The molecular weight excluding hydrogens is 570 g/mol. The number of phenols is 1. The molecule has 11 heteroatoms. The van der Waals surface area contributed by atoms with Crippen LogP contribution in [0.15, 0.2) is 83.9 Å². The number of para-hydroxylation sites is 1. The molecule has 4 aromatic rings. The minimum absolute atomic E-state index is 0.0413. The molecule has 0 saturated carbocycles. The first kappa shape index (κ1) is 30.0. The van der Waals surface area contributed by atoms with Crippen LogP contribution in [0.3, 0.4) is 0 Å². The molecule has 2 aromatic carbocycles. The second kappa shape index (κ2) is 13.6. The SMILES string of the molecule is COC1CCN(CCn2cccc(-c3ccc(C(=O)Nc4c(O)cccc4C(=O)Nc4ccc(Cl)cn4)cc3)c2=O)CC1. The molecule has 0 atom stereocenters. The van der Waals surface area contributed by atoms with Crippen molar-refractivity contribution < 1.29 is 19.4 Å². The summed E-state index contributed by atoms with van der Waals surface area (Å²) in [6.07, 6.45) is 5.47. The summed E-state index contributed by atoms with van der Waals surface area (Å²) < 4.78 is 7.15. The number of ether oxygens (including phenoxy) is 1. The molecule has 0 spiro atoms. The first-order valence-electron chi connectivity index (χ1n) is 13.9. The number of carbonyl (C=O) groups is 2. The molecule has 0 unspecified atom stereocenters. The zero-order valence-electron chi connectivity index (χ0n) is 23.6. The molecule has 0 radical (unpaired) electrons. The number of likely N-dealkylation sites (tertiary alicyclic amines) is 1. The number of pyridine rings is 2. The number of methoxy groups -OCH3 is 1. The van der Waals surface area contributed by atoms with E-state index in [1.54, 1.807) is 54.3 Å². The highest BCUT2D eigenvalue weighted by atomic mass is 35.5. The van der Waals surface area contributed by atoms with Gasteiger partial charge in [0.05, 0.1) is 22.4 Å². The normalized spacial score (nSPS) is 13.9. The van der Waals surface area contributed by atoms with Gasteiger partial charge in [0.2, 0.25) is 0 Å². The largest absolute Gasteiger partial charge is 0.506 e. The van der Waals surface area contributed by atoms with Crippen LogP contribution in [0.5, 0.6) is 5.75 Å². The van der Waals surface area contributed by atoms with Crippen molar-refractivity contribution in [3.63, 3.8) is 0 Å². The highest BCUT2D eigenvalue weighted by Gasteiger charge is 2.20. The van der Waals surface area contributed by atoms with Crippen molar-refractivity contribution in [3.05, 3.63) is 106 Å². The number of carbonyl (C=O) groups excluding carboxylic acids is 2. The number of aromatic nitrogens is 2. The van der Waals surface area contributed by atoms with Gasteiger partial charge in [0, 0.05) is 56.8 Å². The first-order valence-corrected chi connectivity index (χ1v) is 14.3. The summed E-state index contributed by atoms with van der Waals surface area (Å²) in [5, 5.41) is 16.1. The van der Waals surface area contributed by atoms with E-state index in [2.05, 4.69) is 20.5 Å². The summed E-state index contributed by atoms with van der Waals surface area (Å²) >= 11 is 5.86. The molecule has 0 aliphatic carbocycles. The number of aromatic hydroxyl groups is 1. The van der Waals surface area contributed by atoms with E-state index in [-0.39, 0.29) is 33.9 Å². The lowest BCUT2D eigenvalue weighted by Gasteiger charge is -2.31. The third kappa shape index (κ3) is 7.29. The maximum atomic E-state index is 13.3. The van der Waals surface area contributed by atoms with Crippen LogP contribution in [-0.2, 0) is 11.3 Å². The van der Waals surface area contributed by atoms with Crippen LogP contribution in [0, 0.1) is 0 Å². The Labute approximate surface area is 253 Å². The zero-order valence-corrected chi connectivity index (χ0v) is 24.4. The quantitative estimate of drug-likeness (QED) is 0.233. The Balaban J connectivity index is 1.26. The van der Waals surface area contributed by atoms with Crippen LogP contribution in [0.4, 0.5) is 11.5 Å². The van der Waals surface area contributed by atoms with Gasteiger partial charge in [-0.05, 0) is 66.9 Å². The van der Waals surface area contributed by atoms with Crippen LogP contribution in [0.1, 0.15) is 33.6 Å². The highest BCUT2D eigenvalue weighted by molar-refractivity contribution is 6.30. The van der Waals surface area contributed by atoms with Crippen LogP contribution in [0.2, 0.25) is 5.02 Å². The summed E-state index contributed by atoms with van der Waals surface area (Å²) in [6.45, 7) is 3.25. The smallest absolute Gasteiger partial charge is 0.259 e. The third-order valence-electron chi connectivity index (χ3n) is 7.50. The molecule has 2 aromatic heterocycles. The number of benzene rings is 2. The molecule has 5 rings (SSSR count). The van der Waals surface area contributed by atoms with Crippen LogP contribution < -0.4 is 16.2 Å². The number of amides is 2. The van der Waals surface area contributed by atoms with E-state index in [4.69, 9.17) is 16.3 Å². The molecule has 2 amide bonds. The van der Waals surface area contributed by atoms with Crippen molar-refractivity contribution in [2.45, 2.75) is 25.5 Å². The summed E-state index contributed by atoms with van der Waals surface area (Å²) in [4.78, 5) is 45.7. The van der Waals surface area contributed by atoms with Crippen molar-refractivity contribution in [1.29, 1.82) is 0 Å². The van der Waals surface area contributed by atoms with Gasteiger partial charge in [-0.3, -0.25) is 14.4 Å². The summed E-state index contributed by atoms with van der Waals surface area (Å²) in [7, 11) is 1.75. The lowest BCUT2D eigenvalue weighted by molar-refractivity contribution is 0.0401. The Hall–Kier alpha value is -4.51. The van der Waals surface area contributed by atoms with Crippen molar-refractivity contribution >= 4 is 34.9 Å². The zero-order chi connectivity index (χ0) is 30.3. The standard InChI is InChI=1S/C32H32ClN5O5/c1-43-24-13-16-37(17-14-24)18-19-38-15-3-5-25(32(38)42)21-7-9-22(10-8-21)30(40)36-29-26(4-2-6-27(29)39)31(41)35-28-12-11-23(33)20-34-28/h2-12,15,20,24,39H,13-14,16-19H2,1H3,(H,36,40)(H,34,35,41). The van der Waals surface area contributed by atoms with Crippen molar-refractivity contribution in [3.8, 4) is 16.9 Å². The minimum Gasteiger partial charge on any atom is -0.506 e. The van der Waals surface area contributed by atoms with Gasteiger partial charge in [0.25, 0.3) is 17.4 Å². The first-order chi connectivity index (χ1) is 20.8. The van der Waals surface area contributed by atoms with Crippen LogP contribution in [0.25, 0.3) is 11.1 Å². The van der Waals surface area contributed by atoms with E-state index in [0.29, 0.717) is 28.8 Å². The number of phenolic OH excluding ortho intramolecular Hbond substituents is 1. The second-order valence-corrected chi connectivity index (χ2v) is 10.7. The number of anilines is 2. The number of piperidine rings is 1. The fraction of sp³-hybridized carbons (Fsp3) is 0.250. The van der Waals surface area contributed by atoms with E-state index in [9.17, 15) is 19.5 Å². The Kier molecular flexibility index (Phi) is 9.51. The monoisotopic (exact) mass is 601 g/mol. The van der Waals surface area contributed by atoms with Crippen LogP contribution >= 0.6 is 11.6 Å². The number of hydrogen-bond acceptors (Lipinski definition) is 7. The predicted molar refractivity (Wildman–Crippen MR) is 166 cm³/mol. The topological polar surface area (TPSA) is 126 Å². The number of rotatable bonds is 9. The fourth-order valence-corrected chi connectivity index (χ4v) is 5.14. The molecular formula is C32H32ClN5O5. The van der Waals surface area contributed by atoms with Gasteiger partial charge >= 0.3 is 0 Å². The van der Waals surface area contributed by atoms with Gasteiger partial charge < -0.3 is 29.9 Å². The van der Waals surface area contributed by atoms with Gasteiger partial charge in [-0.1, -0.05) is 29.8 Å². The number of hydrogen-bond donors (Lipinski definition) is 3. The molecule has 222 valence electrons. The van der Waals surface area contributed by atoms with E-state index >= 15 is 0 Å². The molecule has 10 nitrogen and oxygen atoms in total. The molecule has 1 aliphatic heterocycles. The Morgan fingerprint density at radius 1 is 0.977 bits per heavy atom. The van der Waals surface area contributed by atoms with Gasteiger partial charge in [-0.25, -0.2) is 4.98 Å². The summed E-state index contributed by atoms with van der Waals surface area (Å²) in [5.41, 5.74) is 1.40. The van der Waals surface area contributed by atoms with E-state index in [1.165, 1.54) is 30.5 Å². The maximum absolute atomic E-state index is 13.3. The molecule has 1 saturated heterocycles. The number of halogens is 1. The van der Waals surface area contributed by atoms with Crippen molar-refractivity contribution in [2.75, 3.05) is 37.4 Å². The van der Waals surface area contributed by atoms with Crippen molar-refractivity contribution in [1.82, 2.24) is 14.5 Å². The second-order valence-electron chi connectivity index (χ2n) is 10.2. The third-order valence-corrected chi connectivity index (χ3v) is 7.72. The molecule has 1 fully saturated rings. The summed E-state index contributed by atoms with van der Waals surface area (Å²) in [5.74, 6) is -1.11. The van der Waals surface area contributed by atoms with E-state index in [0.717, 1.165) is 32.5 Å². The molecule has 0 bridgehead atoms. The number of nitrogens with zero attached hydrogens (tertiary/aromatic N) is 3. The predicted octanol–water partition coefficient (Wildman–Crippen LogP) is 4.88. The molecule has 3 N–H and O–H groups in total. The van der Waals surface area contributed by atoms with Crippen molar-refractivity contribution in [2.24, 2.45) is 0 Å². The van der Waals surface area contributed by atoms with Gasteiger partial charge in [-0.15, -0.1) is 0 Å². The highest BCUT2D eigenvalue weighted by Crippen LogP contribution is 2.29. The van der Waals surface area contributed by atoms with Gasteiger partial charge in [0.1, 0.15) is 11.6 Å². The van der Waals surface area contributed by atoms with E-state index < -0.39 is 11.8 Å². The average molecular weight is 602 g/mol. The lowest BCUT2D eigenvalue weighted by Crippen LogP contribution is -2.39. The molecule has 3 heterocycles. The summed E-state index contributed by atoms with van der Waals surface area (Å²) in [6, 6.07) is 17.7.